The third kappa shape index (κ3) is 2.07. The Bertz CT molecular complexity index is 324. The Balaban J connectivity index is 2.18. The summed E-state index contributed by atoms with van der Waals surface area (Å²) in [5.41, 5.74) is 0.830. The van der Waals surface area contributed by atoms with Crippen LogP contribution in [-0.4, -0.2) is 18.1 Å². The van der Waals surface area contributed by atoms with E-state index in [4.69, 9.17) is 0 Å². The molecule has 0 amide bonds. The molecular formula is C10H11F2NS. The molecule has 14 heavy (non-hydrogen) atoms. The van der Waals surface area contributed by atoms with E-state index in [0.717, 1.165) is 23.6 Å². The number of hydrogen-bond acceptors (Lipinski definition) is 2. The smallest absolute Gasteiger partial charge is 0.159 e. The molecule has 1 aliphatic heterocycles. The van der Waals surface area contributed by atoms with Crippen molar-refractivity contribution in [3.8, 4) is 0 Å². The Morgan fingerprint density at radius 2 is 2.14 bits per heavy atom. The van der Waals surface area contributed by atoms with Gasteiger partial charge in [-0.05, 0) is 17.7 Å². The molecule has 0 spiro atoms. The van der Waals surface area contributed by atoms with Gasteiger partial charge in [0.25, 0.3) is 0 Å². The fourth-order valence-corrected chi connectivity index (χ4v) is 2.48. The number of thioether (sulfide) groups is 1. The number of halogens is 2. The first-order chi connectivity index (χ1) is 6.77. The van der Waals surface area contributed by atoms with Crippen molar-refractivity contribution in [2.45, 2.75) is 6.04 Å². The zero-order valence-electron chi connectivity index (χ0n) is 7.59. The molecule has 2 rings (SSSR count). The average Bonchev–Trinajstić information content (AvgIpc) is 2.23. The molecule has 1 fully saturated rings. The summed E-state index contributed by atoms with van der Waals surface area (Å²) in [5.74, 6) is 0.461. The highest BCUT2D eigenvalue weighted by atomic mass is 32.2. The fraction of sp³-hybridized carbons (Fsp3) is 0.400. The second-order valence-corrected chi connectivity index (χ2v) is 4.41. The van der Waals surface area contributed by atoms with Crippen molar-refractivity contribution in [3.05, 3.63) is 35.4 Å². The van der Waals surface area contributed by atoms with Crippen LogP contribution in [0.15, 0.2) is 18.2 Å². The molecule has 1 aliphatic rings. The van der Waals surface area contributed by atoms with Gasteiger partial charge in [0.2, 0.25) is 0 Å². The lowest BCUT2D eigenvalue weighted by Gasteiger charge is -2.23. The summed E-state index contributed by atoms with van der Waals surface area (Å²) in [5, 5.41) is 3.27. The summed E-state index contributed by atoms with van der Waals surface area (Å²) in [6.07, 6.45) is 0. The summed E-state index contributed by atoms with van der Waals surface area (Å²) in [6, 6.07) is 4.26. The van der Waals surface area contributed by atoms with Gasteiger partial charge in [-0.1, -0.05) is 6.07 Å². The van der Waals surface area contributed by atoms with E-state index in [1.807, 2.05) is 11.8 Å². The van der Waals surface area contributed by atoms with Crippen LogP contribution in [-0.2, 0) is 0 Å². The van der Waals surface area contributed by atoms with Gasteiger partial charge in [-0.2, -0.15) is 11.8 Å². The predicted molar refractivity (Wildman–Crippen MR) is 54.4 cm³/mol. The number of rotatable bonds is 1. The van der Waals surface area contributed by atoms with Gasteiger partial charge in [0.15, 0.2) is 11.6 Å². The molecule has 1 atom stereocenters. The first kappa shape index (κ1) is 9.93. The van der Waals surface area contributed by atoms with Crippen LogP contribution in [0.5, 0.6) is 0 Å². The molecule has 1 nitrogen and oxygen atoms in total. The molecule has 1 unspecified atom stereocenters. The molecule has 0 aromatic heterocycles. The molecule has 0 radical (unpaired) electrons. The highest BCUT2D eigenvalue weighted by Crippen LogP contribution is 2.22. The van der Waals surface area contributed by atoms with Crippen molar-refractivity contribution in [3.63, 3.8) is 0 Å². The lowest BCUT2D eigenvalue weighted by molar-refractivity contribution is 0.502. The lowest BCUT2D eigenvalue weighted by atomic mass is 10.1. The summed E-state index contributed by atoms with van der Waals surface area (Å²) < 4.78 is 25.6. The summed E-state index contributed by atoms with van der Waals surface area (Å²) >= 11 is 1.83. The minimum absolute atomic E-state index is 0.156. The third-order valence-electron chi connectivity index (χ3n) is 2.27. The van der Waals surface area contributed by atoms with Crippen molar-refractivity contribution in [2.24, 2.45) is 0 Å². The second-order valence-electron chi connectivity index (χ2n) is 3.26. The first-order valence-electron chi connectivity index (χ1n) is 4.53. The Hall–Kier alpha value is -0.610. The number of hydrogen-bond donors (Lipinski definition) is 1. The molecule has 0 aliphatic carbocycles. The largest absolute Gasteiger partial charge is 0.308 e. The molecule has 1 saturated heterocycles. The van der Waals surface area contributed by atoms with Crippen LogP contribution in [0.2, 0.25) is 0 Å². The zero-order valence-corrected chi connectivity index (χ0v) is 8.41. The van der Waals surface area contributed by atoms with Gasteiger partial charge in [-0.25, -0.2) is 8.78 Å². The summed E-state index contributed by atoms with van der Waals surface area (Å²) in [7, 11) is 0. The van der Waals surface area contributed by atoms with E-state index in [-0.39, 0.29) is 6.04 Å². The zero-order chi connectivity index (χ0) is 9.97. The molecule has 76 valence electrons. The van der Waals surface area contributed by atoms with Crippen LogP contribution >= 0.6 is 11.8 Å². The van der Waals surface area contributed by atoms with Crippen LogP contribution in [0, 0.1) is 11.6 Å². The second kappa shape index (κ2) is 4.28. The van der Waals surface area contributed by atoms with E-state index < -0.39 is 11.6 Å². The van der Waals surface area contributed by atoms with Crippen LogP contribution in [0.1, 0.15) is 11.6 Å². The average molecular weight is 215 g/mol. The van der Waals surface area contributed by atoms with Crippen LogP contribution in [0.3, 0.4) is 0 Å². The Kier molecular flexibility index (Phi) is 3.03. The molecule has 0 saturated carbocycles. The molecule has 1 aromatic carbocycles. The maximum Gasteiger partial charge on any atom is 0.159 e. The van der Waals surface area contributed by atoms with Crippen molar-refractivity contribution >= 4 is 11.8 Å². The van der Waals surface area contributed by atoms with Crippen LogP contribution in [0.4, 0.5) is 8.78 Å². The van der Waals surface area contributed by atoms with Gasteiger partial charge in [0.05, 0.1) is 0 Å². The number of benzene rings is 1. The van der Waals surface area contributed by atoms with E-state index in [2.05, 4.69) is 5.32 Å². The summed E-state index contributed by atoms with van der Waals surface area (Å²) in [6.45, 7) is 0.925. The SMILES string of the molecule is Fc1ccc(C2CSCCN2)cc1F. The van der Waals surface area contributed by atoms with Crippen molar-refractivity contribution in [1.29, 1.82) is 0 Å². The fourth-order valence-electron chi connectivity index (χ4n) is 1.51. The van der Waals surface area contributed by atoms with E-state index in [1.54, 1.807) is 6.07 Å². The first-order valence-corrected chi connectivity index (χ1v) is 5.69. The lowest BCUT2D eigenvalue weighted by Crippen LogP contribution is -2.30. The van der Waals surface area contributed by atoms with Crippen molar-refractivity contribution in [2.75, 3.05) is 18.1 Å². The minimum atomic E-state index is -0.780. The molecule has 1 aromatic rings. The Morgan fingerprint density at radius 3 is 2.79 bits per heavy atom. The third-order valence-corrected chi connectivity index (χ3v) is 3.33. The van der Waals surface area contributed by atoms with Crippen LogP contribution in [0.25, 0.3) is 0 Å². The highest BCUT2D eigenvalue weighted by molar-refractivity contribution is 7.99. The summed E-state index contributed by atoms with van der Waals surface area (Å²) in [4.78, 5) is 0. The molecule has 1 N–H and O–H groups in total. The Labute approximate surface area is 85.9 Å². The maximum atomic E-state index is 12.9. The van der Waals surface area contributed by atoms with Gasteiger partial charge in [0, 0.05) is 24.1 Å². The van der Waals surface area contributed by atoms with Crippen molar-refractivity contribution < 1.29 is 8.78 Å². The number of nitrogens with one attached hydrogen (secondary N) is 1. The highest BCUT2D eigenvalue weighted by Gasteiger charge is 2.16. The molecule has 0 bridgehead atoms. The standard InChI is InChI=1S/C10H11F2NS/c11-8-2-1-7(5-9(8)12)10-6-14-4-3-13-10/h1-2,5,10,13H,3-4,6H2. The van der Waals surface area contributed by atoms with Gasteiger partial charge in [0.1, 0.15) is 0 Å². The molecule has 4 heteroatoms. The van der Waals surface area contributed by atoms with Crippen LogP contribution < -0.4 is 5.32 Å². The van der Waals surface area contributed by atoms with E-state index >= 15 is 0 Å². The van der Waals surface area contributed by atoms with E-state index in [0.29, 0.717) is 0 Å². The predicted octanol–water partition coefficient (Wildman–Crippen LogP) is 2.34. The molecule has 1 heterocycles. The van der Waals surface area contributed by atoms with Crippen molar-refractivity contribution in [1.82, 2.24) is 5.32 Å². The van der Waals surface area contributed by atoms with Gasteiger partial charge in [-0.15, -0.1) is 0 Å². The Morgan fingerprint density at radius 1 is 1.29 bits per heavy atom. The van der Waals surface area contributed by atoms with Gasteiger partial charge < -0.3 is 5.32 Å². The normalized spacial score (nSPS) is 22.3. The topological polar surface area (TPSA) is 12.0 Å². The van der Waals surface area contributed by atoms with Gasteiger partial charge >= 0.3 is 0 Å². The quantitative estimate of drug-likeness (QED) is 0.771. The minimum Gasteiger partial charge on any atom is -0.308 e. The van der Waals surface area contributed by atoms with E-state index in [9.17, 15) is 8.78 Å². The molecular weight excluding hydrogens is 204 g/mol. The maximum absolute atomic E-state index is 12.9. The van der Waals surface area contributed by atoms with Gasteiger partial charge in [-0.3, -0.25) is 0 Å². The van der Waals surface area contributed by atoms with E-state index in [1.165, 1.54) is 12.1 Å². The monoisotopic (exact) mass is 215 g/mol.